The first-order valence-corrected chi connectivity index (χ1v) is 11.6. The van der Waals surface area contributed by atoms with Gasteiger partial charge in [0.15, 0.2) is 11.4 Å². The van der Waals surface area contributed by atoms with Crippen molar-refractivity contribution < 1.29 is 54.6 Å². The highest BCUT2D eigenvalue weighted by Gasteiger charge is 2.63. The molecule has 0 radical (unpaired) electrons. The Morgan fingerprint density at radius 2 is 1.56 bits per heavy atom. The van der Waals surface area contributed by atoms with Gasteiger partial charge in [0, 0.05) is 31.3 Å². The number of fused-ring (bicyclic) bond motifs is 3. The van der Waals surface area contributed by atoms with Gasteiger partial charge >= 0.3 is 11.9 Å². The minimum Gasteiger partial charge on any atom is -0.510 e. The van der Waals surface area contributed by atoms with E-state index in [-0.39, 0.29) is 29.7 Å². The van der Waals surface area contributed by atoms with E-state index >= 15 is 0 Å². The molecule has 4 rings (SSSR count). The number of nitrogens with zero attached hydrogens (tertiary/aromatic N) is 2. The Labute approximate surface area is 221 Å². The van der Waals surface area contributed by atoms with Gasteiger partial charge in [-0.25, -0.2) is 9.59 Å². The van der Waals surface area contributed by atoms with Gasteiger partial charge in [0.2, 0.25) is 5.78 Å². The minimum absolute atomic E-state index is 0.00184. The van der Waals surface area contributed by atoms with Gasteiger partial charge in [-0.3, -0.25) is 19.3 Å². The zero-order chi connectivity index (χ0) is 29.7. The number of allylic oxidation sites excluding steroid dienone is 1. The Bertz CT molecular complexity index is 1350. The largest absolute Gasteiger partial charge is 0.510 e. The van der Waals surface area contributed by atoms with Crippen molar-refractivity contribution in [1.29, 1.82) is 0 Å². The highest BCUT2D eigenvalue weighted by molar-refractivity contribution is 6.27. The smallest absolute Gasteiger partial charge is 0.414 e. The Morgan fingerprint density at radius 3 is 2.03 bits per heavy atom. The quantitative estimate of drug-likeness (QED) is 0.184. The number of carboxylic acid groups (broad SMARTS) is 2. The van der Waals surface area contributed by atoms with Crippen LogP contribution in [0.4, 0.5) is 5.69 Å². The fourth-order valence-electron chi connectivity index (χ4n) is 5.65. The zero-order valence-electron chi connectivity index (χ0n) is 21.5. The van der Waals surface area contributed by atoms with E-state index in [1.165, 1.54) is 11.0 Å². The number of primary amides is 1. The van der Waals surface area contributed by atoms with E-state index in [4.69, 9.17) is 25.5 Å². The lowest BCUT2D eigenvalue weighted by Gasteiger charge is -2.50. The van der Waals surface area contributed by atoms with Crippen LogP contribution in [0.3, 0.4) is 0 Å². The van der Waals surface area contributed by atoms with E-state index < -0.39 is 70.0 Å². The van der Waals surface area contributed by atoms with Crippen molar-refractivity contribution in [1.82, 2.24) is 4.90 Å². The van der Waals surface area contributed by atoms with E-state index in [0.29, 0.717) is 5.56 Å². The van der Waals surface area contributed by atoms with Crippen LogP contribution in [0.5, 0.6) is 5.75 Å². The van der Waals surface area contributed by atoms with Crippen LogP contribution in [0.2, 0.25) is 0 Å². The molecular formula is C25H29N3O11. The molecule has 14 nitrogen and oxygen atoms in total. The molecule has 3 aliphatic rings. The van der Waals surface area contributed by atoms with E-state index in [2.05, 4.69) is 0 Å². The van der Waals surface area contributed by atoms with Gasteiger partial charge in [0.1, 0.15) is 22.8 Å². The van der Waals surface area contributed by atoms with Crippen molar-refractivity contribution in [2.75, 3.05) is 33.1 Å². The van der Waals surface area contributed by atoms with E-state index in [9.17, 15) is 34.8 Å². The number of ketones is 2. The molecule has 1 amide bonds. The topological polar surface area (TPSA) is 239 Å². The predicted molar refractivity (Wildman–Crippen MR) is 133 cm³/mol. The van der Waals surface area contributed by atoms with Crippen molar-refractivity contribution in [2.45, 2.75) is 24.5 Å². The van der Waals surface area contributed by atoms with Crippen molar-refractivity contribution in [3.8, 4) is 5.75 Å². The molecule has 1 aromatic carbocycles. The first kappa shape index (κ1) is 29.1. The molecule has 0 heterocycles. The first-order chi connectivity index (χ1) is 18.0. The number of amides is 1. The number of phenols is 1. The summed E-state index contributed by atoms with van der Waals surface area (Å²) >= 11 is 0. The summed E-state index contributed by atoms with van der Waals surface area (Å²) in [6.45, 7) is 0. The number of aliphatic hydroxyl groups is 3. The molecule has 14 heteroatoms. The molecule has 0 saturated carbocycles. The second kappa shape index (κ2) is 10.0. The van der Waals surface area contributed by atoms with Crippen LogP contribution < -0.4 is 10.6 Å². The summed E-state index contributed by atoms with van der Waals surface area (Å²) < 4.78 is 0. The number of Topliss-reactive ketones (excluding diaryl/α,β-unsaturated/α-hetero) is 2. The molecule has 0 spiro atoms. The lowest BCUT2D eigenvalue weighted by atomic mass is 9.58. The van der Waals surface area contributed by atoms with E-state index in [1.807, 2.05) is 0 Å². The molecule has 0 unspecified atom stereocenters. The van der Waals surface area contributed by atoms with Crippen LogP contribution in [-0.4, -0.2) is 105 Å². The molecule has 0 bridgehead atoms. The SMILES string of the molecule is CN(C)c1ccc(O)c2c1C[C@H]1C[C@@H]3[C@H](N(C)C)C(O)=C(C(N)=O)C(=O)[C@@]3(O)C(O)=C1C2=O.O=C(O)C(=O)O. The number of benzene rings is 1. The third-order valence-corrected chi connectivity index (χ3v) is 7.25. The third-order valence-electron chi connectivity index (χ3n) is 7.25. The number of aliphatic hydroxyl groups excluding tert-OH is 2. The van der Waals surface area contributed by atoms with Gasteiger partial charge in [-0.1, -0.05) is 0 Å². The predicted octanol–water partition coefficient (Wildman–Crippen LogP) is -0.658. The minimum atomic E-state index is -2.63. The summed E-state index contributed by atoms with van der Waals surface area (Å²) in [5.41, 5.74) is 3.02. The van der Waals surface area contributed by atoms with Crippen LogP contribution >= 0.6 is 0 Å². The lowest BCUT2D eigenvalue weighted by molar-refractivity contribution is -0.159. The van der Waals surface area contributed by atoms with Gasteiger partial charge in [-0.2, -0.15) is 0 Å². The first-order valence-electron chi connectivity index (χ1n) is 11.6. The summed E-state index contributed by atoms with van der Waals surface area (Å²) in [5, 5.41) is 58.7. The Morgan fingerprint density at radius 1 is 1.00 bits per heavy atom. The second-order valence-electron chi connectivity index (χ2n) is 9.93. The third kappa shape index (κ3) is 4.46. The molecule has 0 aromatic heterocycles. The van der Waals surface area contributed by atoms with Crippen LogP contribution in [0.25, 0.3) is 0 Å². The maximum atomic E-state index is 13.5. The molecule has 0 fully saturated rings. The molecule has 3 aliphatic carbocycles. The van der Waals surface area contributed by atoms with Gasteiger partial charge in [0.25, 0.3) is 5.91 Å². The molecule has 0 saturated heterocycles. The normalized spacial score (nSPS) is 25.7. The summed E-state index contributed by atoms with van der Waals surface area (Å²) in [7, 11) is 6.79. The van der Waals surface area contributed by atoms with E-state index in [0.717, 1.165) is 5.69 Å². The lowest BCUT2D eigenvalue weighted by Crippen LogP contribution is -2.63. The number of nitrogens with two attached hydrogens (primary N) is 1. The fraction of sp³-hybridized carbons (Fsp3) is 0.400. The average Bonchev–Trinajstić information content (AvgIpc) is 2.81. The number of anilines is 1. The molecule has 210 valence electrons. The Kier molecular flexibility index (Phi) is 7.50. The number of hydrogen-bond acceptors (Lipinski definition) is 11. The van der Waals surface area contributed by atoms with E-state index in [1.54, 1.807) is 39.2 Å². The van der Waals surface area contributed by atoms with Crippen molar-refractivity contribution in [2.24, 2.45) is 17.6 Å². The monoisotopic (exact) mass is 547 g/mol. The highest BCUT2D eigenvalue weighted by atomic mass is 16.4. The molecule has 1 aromatic rings. The molecule has 4 atom stereocenters. The standard InChI is InChI=1S/C23H27N3O7.C2H2O4/c1-25(2)12-5-6-13(27)15-10(12)7-9-8-11-17(26(3)4)19(29)16(22(24)32)21(31)23(11,33)20(30)14(9)18(15)28;3-1(4)2(5)6/h5-6,9,11,17,27,29-30,33H,7-8H2,1-4H3,(H2,24,32);(H,3,4)(H,5,6)/t9-,11+,17-,23-;/m0./s1. The molecule has 0 aliphatic heterocycles. The number of phenolic OH excluding ortho intramolecular Hbond substituents is 1. The average molecular weight is 548 g/mol. The van der Waals surface area contributed by atoms with Crippen molar-refractivity contribution in [3.05, 3.63) is 45.9 Å². The highest BCUT2D eigenvalue weighted by Crippen LogP contribution is 2.52. The van der Waals surface area contributed by atoms with Crippen molar-refractivity contribution in [3.63, 3.8) is 0 Å². The summed E-state index contributed by atoms with van der Waals surface area (Å²) in [4.78, 5) is 60.2. The number of hydrogen-bond donors (Lipinski definition) is 7. The van der Waals surface area contributed by atoms with Gasteiger partial charge in [0.05, 0.1) is 11.6 Å². The van der Waals surface area contributed by atoms with Crippen LogP contribution in [-0.2, 0) is 25.6 Å². The zero-order valence-corrected chi connectivity index (χ0v) is 21.5. The number of carboxylic acids is 2. The van der Waals surface area contributed by atoms with Crippen LogP contribution in [0.1, 0.15) is 22.3 Å². The number of rotatable bonds is 3. The fourth-order valence-corrected chi connectivity index (χ4v) is 5.65. The number of carbonyl (C=O) groups is 5. The summed E-state index contributed by atoms with van der Waals surface area (Å²) in [5.74, 6) is -10.2. The van der Waals surface area contributed by atoms with Crippen molar-refractivity contribution >= 4 is 35.1 Å². The number of aromatic hydroxyl groups is 1. The van der Waals surface area contributed by atoms with Gasteiger partial charge < -0.3 is 41.3 Å². The van der Waals surface area contributed by atoms with Gasteiger partial charge in [-0.05, 0) is 50.6 Å². The summed E-state index contributed by atoms with van der Waals surface area (Å²) in [6, 6.07) is 2.06. The maximum absolute atomic E-state index is 13.5. The summed E-state index contributed by atoms with van der Waals surface area (Å²) in [6.07, 6.45) is 0.324. The Hall–Kier alpha value is -4.43. The van der Waals surface area contributed by atoms with Gasteiger partial charge in [-0.15, -0.1) is 0 Å². The molecular weight excluding hydrogens is 518 g/mol. The van der Waals surface area contributed by atoms with Crippen LogP contribution in [0.15, 0.2) is 34.8 Å². The Balaban J connectivity index is 0.000000631. The van der Waals surface area contributed by atoms with Crippen LogP contribution in [0, 0.1) is 11.8 Å². The molecule has 39 heavy (non-hydrogen) atoms. The number of likely N-dealkylation sites (N-methyl/N-ethyl adjacent to an activating group) is 1. The maximum Gasteiger partial charge on any atom is 0.414 e. The number of aliphatic carboxylic acids is 2. The number of carbonyl (C=O) groups excluding carboxylic acids is 3. The second-order valence-corrected chi connectivity index (χ2v) is 9.93. The molecule has 8 N–H and O–H groups in total.